The maximum Gasteiger partial charge on any atom is 0.191 e. The van der Waals surface area contributed by atoms with E-state index in [1.165, 1.54) is 32.2 Å². The van der Waals surface area contributed by atoms with E-state index in [1.807, 2.05) is 7.05 Å². The second-order valence-electron chi connectivity index (χ2n) is 6.84. The summed E-state index contributed by atoms with van der Waals surface area (Å²) in [5.74, 6) is 1.51. The summed E-state index contributed by atoms with van der Waals surface area (Å²) in [6, 6.07) is 0.777. The highest BCUT2D eigenvalue weighted by atomic mass is 16.5. The van der Waals surface area contributed by atoms with Crippen molar-refractivity contribution in [2.45, 2.75) is 58.9 Å². The number of hydrogen-bond acceptors (Lipinski definition) is 3. The number of piperidine rings is 1. The third-order valence-electron chi connectivity index (χ3n) is 4.34. The van der Waals surface area contributed by atoms with Crippen molar-refractivity contribution in [1.82, 2.24) is 15.5 Å². The van der Waals surface area contributed by atoms with E-state index in [4.69, 9.17) is 4.74 Å². The first-order valence-corrected chi connectivity index (χ1v) is 9.43. The van der Waals surface area contributed by atoms with Crippen LogP contribution >= 0.6 is 0 Å². The average molecular weight is 327 g/mol. The van der Waals surface area contributed by atoms with Crippen LogP contribution in [0, 0.1) is 5.92 Å². The van der Waals surface area contributed by atoms with Gasteiger partial charge in [0.15, 0.2) is 5.96 Å². The lowest BCUT2D eigenvalue weighted by Crippen LogP contribution is -2.46. The summed E-state index contributed by atoms with van der Waals surface area (Å²) in [6.45, 7) is 12.5. The Morgan fingerprint density at radius 2 is 2.04 bits per heavy atom. The molecule has 2 N–H and O–H groups in total. The quantitative estimate of drug-likeness (QED) is 0.368. The molecule has 5 nitrogen and oxygen atoms in total. The van der Waals surface area contributed by atoms with Crippen molar-refractivity contribution in [3.8, 4) is 0 Å². The van der Waals surface area contributed by atoms with Gasteiger partial charge in [-0.3, -0.25) is 9.89 Å². The SMILES string of the molecule is CCC1CCCCN1CCNC(=NC)NCCCOCC(C)C. The number of ether oxygens (including phenoxy) is 1. The maximum absolute atomic E-state index is 5.59. The molecule has 0 saturated carbocycles. The smallest absolute Gasteiger partial charge is 0.191 e. The summed E-state index contributed by atoms with van der Waals surface area (Å²) in [6.07, 6.45) is 6.38. The lowest BCUT2D eigenvalue weighted by Gasteiger charge is -2.35. The summed E-state index contributed by atoms with van der Waals surface area (Å²) in [4.78, 5) is 6.92. The number of hydrogen-bond donors (Lipinski definition) is 2. The van der Waals surface area contributed by atoms with E-state index < -0.39 is 0 Å². The molecule has 0 aromatic carbocycles. The molecular weight excluding hydrogens is 288 g/mol. The third kappa shape index (κ3) is 9.16. The van der Waals surface area contributed by atoms with E-state index in [2.05, 4.69) is 41.3 Å². The molecule has 0 bridgehead atoms. The van der Waals surface area contributed by atoms with Gasteiger partial charge in [0, 0.05) is 45.9 Å². The fourth-order valence-electron chi connectivity index (χ4n) is 3.06. The van der Waals surface area contributed by atoms with Crippen molar-refractivity contribution in [3.05, 3.63) is 0 Å². The third-order valence-corrected chi connectivity index (χ3v) is 4.34. The number of nitrogens with zero attached hydrogens (tertiary/aromatic N) is 2. The zero-order valence-electron chi connectivity index (χ0n) is 15.7. The van der Waals surface area contributed by atoms with Gasteiger partial charge in [-0.15, -0.1) is 0 Å². The molecule has 0 aliphatic carbocycles. The molecule has 0 spiro atoms. The Labute approximate surface area is 143 Å². The van der Waals surface area contributed by atoms with E-state index in [0.29, 0.717) is 5.92 Å². The molecule has 1 heterocycles. The zero-order chi connectivity index (χ0) is 16.9. The highest BCUT2D eigenvalue weighted by molar-refractivity contribution is 5.79. The Morgan fingerprint density at radius 3 is 2.74 bits per heavy atom. The van der Waals surface area contributed by atoms with Gasteiger partial charge in [0.25, 0.3) is 0 Å². The number of likely N-dealkylation sites (tertiary alicyclic amines) is 1. The monoisotopic (exact) mass is 326 g/mol. The van der Waals surface area contributed by atoms with Gasteiger partial charge >= 0.3 is 0 Å². The second-order valence-corrected chi connectivity index (χ2v) is 6.84. The van der Waals surface area contributed by atoms with Gasteiger partial charge in [-0.25, -0.2) is 0 Å². The van der Waals surface area contributed by atoms with Gasteiger partial charge in [0.2, 0.25) is 0 Å². The lowest BCUT2D eigenvalue weighted by atomic mass is 10.0. The molecule has 1 atom stereocenters. The second kappa shape index (κ2) is 12.6. The van der Waals surface area contributed by atoms with Crippen LogP contribution in [-0.2, 0) is 4.74 Å². The van der Waals surface area contributed by atoms with Gasteiger partial charge in [-0.05, 0) is 38.1 Å². The van der Waals surface area contributed by atoms with Crippen molar-refractivity contribution in [2.75, 3.05) is 46.4 Å². The molecule has 1 unspecified atom stereocenters. The molecule has 1 rings (SSSR count). The summed E-state index contributed by atoms with van der Waals surface area (Å²) in [5.41, 5.74) is 0. The molecule has 1 aliphatic rings. The topological polar surface area (TPSA) is 48.9 Å². The first kappa shape index (κ1) is 20.2. The standard InChI is InChI=1S/C18H38N4O/c1-5-17-9-6-7-12-22(17)13-11-21-18(19-4)20-10-8-14-23-15-16(2)3/h16-17H,5-15H2,1-4H3,(H2,19,20,21). The lowest BCUT2D eigenvalue weighted by molar-refractivity contribution is 0.108. The summed E-state index contributed by atoms with van der Waals surface area (Å²) >= 11 is 0. The molecule has 23 heavy (non-hydrogen) atoms. The van der Waals surface area contributed by atoms with Crippen molar-refractivity contribution in [2.24, 2.45) is 10.9 Å². The van der Waals surface area contributed by atoms with E-state index in [0.717, 1.165) is 51.3 Å². The minimum absolute atomic E-state index is 0.610. The van der Waals surface area contributed by atoms with Crippen LogP contribution in [0.25, 0.3) is 0 Å². The van der Waals surface area contributed by atoms with Crippen LogP contribution in [0.1, 0.15) is 52.9 Å². The number of guanidine groups is 1. The summed E-state index contributed by atoms with van der Waals surface area (Å²) in [5, 5.41) is 6.79. The largest absolute Gasteiger partial charge is 0.381 e. The molecule has 0 radical (unpaired) electrons. The predicted octanol–water partition coefficient (Wildman–Crippen LogP) is 2.48. The minimum Gasteiger partial charge on any atom is -0.381 e. The molecule has 5 heteroatoms. The van der Waals surface area contributed by atoms with Gasteiger partial charge in [-0.2, -0.15) is 0 Å². The Morgan fingerprint density at radius 1 is 1.26 bits per heavy atom. The predicted molar refractivity (Wildman–Crippen MR) is 99.1 cm³/mol. The van der Waals surface area contributed by atoms with E-state index in [-0.39, 0.29) is 0 Å². The van der Waals surface area contributed by atoms with E-state index in [1.54, 1.807) is 0 Å². The molecule has 1 fully saturated rings. The number of aliphatic imine (C=N–C) groups is 1. The fourth-order valence-corrected chi connectivity index (χ4v) is 3.06. The van der Waals surface area contributed by atoms with E-state index in [9.17, 15) is 0 Å². The van der Waals surface area contributed by atoms with Crippen LogP contribution in [0.4, 0.5) is 0 Å². The maximum atomic E-state index is 5.59. The average Bonchev–Trinajstić information content (AvgIpc) is 2.56. The van der Waals surface area contributed by atoms with Crippen LogP contribution in [0.15, 0.2) is 4.99 Å². The van der Waals surface area contributed by atoms with Crippen LogP contribution in [0.2, 0.25) is 0 Å². The molecular formula is C18H38N4O. The van der Waals surface area contributed by atoms with Crippen LogP contribution < -0.4 is 10.6 Å². The van der Waals surface area contributed by atoms with Crippen molar-refractivity contribution >= 4 is 5.96 Å². The van der Waals surface area contributed by atoms with Crippen molar-refractivity contribution < 1.29 is 4.74 Å². The summed E-state index contributed by atoms with van der Waals surface area (Å²) < 4.78 is 5.59. The minimum atomic E-state index is 0.610. The van der Waals surface area contributed by atoms with Gasteiger partial charge < -0.3 is 15.4 Å². The molecule has 1 aliphatic heterocycles. The van der Waals surface area contributed by atoms with Crippen LogP contribution in [0.5, 0.6) is 0 Å². The number of nitrogens with one attached hydrogen (secondary N) is 2. The Bertz CT molecular complexity index is 320. The Hall–Kier alpha value is -0.810. The van der Waals surface area contributed by atoms with Gasteiger partial charge in [0.05, 0.1) is 0 Å². The van der Waals surface area contributed by atoms with Gasteiger partial charge in [0.1, 0.15) is 0 Å². The number of rotatable bonds is 10. The molecule has 0 amide bonds. The highest BCUT2D eigenvalue weighted by Crippen LogP contribution is 2.18. The highest BCUT2D eigenvalue weighted by Gasteiger charge is 2.19. The van der Waals surface area contributed by atoms with Crippen molar-refractivity contribution in [3.63, 3.8) is 0 Å². The van der Waals surface area contributed by atoms with Gasteiger partial charge in [-0.1, -0.05) is 27.2 Å². The molecule has 0 aromatic rings. The molecule has 0 aromatic heterocycles. The summed E-state index contributed by atoms with van der Waals surface area (Å²) in [7, 11) is 1.83. The van der Waals surface area contributed by atoms with Crippen LogP contribution in [0.3, 0.4) is 0 Å². The van der Waals surface area contributed by atoms with Crippen LogP contribution in [-0.4, -0.2) is 63.3 Å². The van der Waals surface area contributed by atoms with E-state index >= 15 is 0 Å². The normalized spacial score (nSPS) is 20.0. The zero-order valence-corrected chi connectivity index (χ0v) is 15.7. The first-order valence-electron chi connectivity index (χ1n) is 9.43. The first-order chi connectivity index (χ1) is 11.2. The van der Waals surface area contributed by atoms with Crippen molar-refractivity contribution in [1.29, 1.82) is 0 Å². The Balaban J connectivity index is 2.09. The molecule has 136 valence electrons. The fraction of sp³-hybridized carbons (Fsp3) is 0.944. The Kier molecular flexibility index (Phi) is 11.1. The molecule has 1 saturated heterocycles.